The minimum Gasteiger partial charge on any atom is -0.375 e. The van der Waals surface area contributed by atoms with Gasteiger partial charge in [-0.3, -0.25) is 0 Å². The Kier molecular flexibility index (Phi) is 3.28. The van der Waals surface area contributed by atoms with Crippen LogP contribution in [0.2, 0.25) is 0 Å². The summed E-state index contributed by atoms with van der Waals surface area (Å²) in [4.78, 5) is 2.63. The number of rotatable bonds is 1. The van der Waals surface area contributed by atoms with Crippen molar-refractivity contribution in [2.45, 2.75) is 51.4 Å². The Hall–Kier alpha value is -0.460. The van der Waals surface area contributed by atoms with Crippen LogP contribution in [-0.2, 0) is 0 Å². The van der Waals surface area contributed by atoms with Crippen molar-refractivity contribution >= 4 is 0 Å². The molecule has 0 aromatic rings. The molecule has 0 aromatic heterocycles. The summed E-state index contributed by atoms with van der Waals surface area (Å²) in [6.45, 7) is 2.65. The molecule has 0 unspecified atom stereocenters. The molecule has 74 valence electrons. The van der Waals surface area contributed by atoms with E-state index in [1.165, 1.54) is 64.5 Å². The Morgan fingerprint density at radius 3 is 2.46 bits per heavy atom. The topological polar surface area (TPSA) is 3.24 Å². The van der Waals surface area contributed by atoms with E-state index in [9.17, 15) is 0 Å². The van der Waals surface area contributed by atoms with Gasteiger partial charge in [-0.15, -0.1) is 0 Å². The summed E-state index contributed by atoms with van der Waals surface area (Å²) < 4.78 is 0. The maximum absolute atomic E-state index is 2.63. The van der Waals surface area contributed by atoms with Gasteiger partial charge in [0.2, 0.25) is 0 Å². The number of nitrogens with zero attached hydrogens (tertiary/aromatic N) is 1. The summed E-state index contributed by atoms with van der Waals surface area (Å²) in [7, 11) is 0. The van der Waals surface area contributed by atoms with Crippen LogP contribution in [0.4, 0.5) is 0 Å². The molecule has 0 aromatic carbocycles. The van der Waals surface area contributed by atoms with Gasteiger partial charge in [-0.05, 0) is 44.9 Å². The minimum absolute atomic E-state index is 1.33. The molecular formula is C12H21N. The molecule has 1 aliphatic carbocycles. The maximum atomic E-state index is 2.63. The van der Waals surface area contributed by atoms with Crippen LogP contribution < -0.4 is 0 Å². The van der Waals surface area contributed by atoms with Crippen LogP contribution in [0.5, 0.6) is 0 Å². The summed E-state index contributed by atoms with van der Waals surface area (Å²) in [5.41, 5.74) is 1.66. The zero-order chi connectivity index (χ0) is 8.93. The normalized spacial score (nSPS) is 25.2. The lowest BCUT2D eigenvalue weighted by atomic mass is 10.1. The van der Waals surface area contributed by atoms with Crippen molar-refractivity contribution in [3.63, 3.8) is 0 Å². The van der Waals surface area contributed by atoms with Gasteiger partial charge in [0.25, 0.3) is 0 Å². The molecule has 1 heterocycles. The first-order chi connectivity index (χ1) is 6.47. The molecule has 0 saturated carbocycles. The summed E-state index contributed by atoms with van der Waals surface area (Å²) >= 11 is 0. The molecule has 0 amide bonds. The second-order valence-corrected chi connectivity index (χ2v) is 4.34. The maximum Gasteiger partial charge on any atom is 0.0174 e. The zero-order valence-corrected chi connectivity index (χ0v) is 8.60. The Balaban J connectivity index is 1.92. The predicted molar refractivity (Wildman–Crippen MR) is 56.6 cm³/mol. The van der Waals surface area contributed by atoms with Crippen molar-refractivity contribution in [1.82, 2.24) is 4.90 Å². The van der Waals surface area contributed by atoms with Crippen molar-refractivity contribution in [2.24, 2.45) is 0 Å². The molecule has 0 N–H and O–H groups in total. The van der Waals surface area contributed by atoms with Crippen LogP contribution in [-0.4, -0.2) is 18.0 Å². The van der Waals surface area contributed by atoms with E-state index in [0.717, 1.165) is 0 Å². The third kappa shape index (κ3) is 2.49. The van der Waals surface area contributed by atoms with Crippen molar-refractivity contribution in [2.75, 3.05) is 13.1 Å². The molecule has 1 fully saturated rings. The first-order valence-electron chi connectivity index (χ1n) is 5.91. The van der Waals surface area contributed by atoms with Crippen molar-refractivity contribution in [3.8, 4) is 0 Å². The van der Waals surface area contributed by atoms with E-state index in [1.807, 2.05) is 0 Å². The first kappa shape index (κ1) is 9.11. The molecule has 0 bridgehead atoms. The molecule has 0 spiro atoms. The number of allylic oxidation sites excluding steroid dienone is 2. The molecule has 0 radical (unpaired) electrons. The Morgan fingerprint density at radius 2 is 1.62 bits per heavy atom. The molecule has 1 aliphatic heterocycles. The van der Waals surface area contributed by atoms with Crippen LogP contribution in [0.15, 0.2) is 11.8 Å². The van der Waals surface area contributed by atoms with E-state index in [1.54, 1.807) is 5.70 Å². The molecule has 2 aliphatic rings. The number of likely N-dealkylation sites (tertiary alicyclic amines) is 1. The summed E-state index contributed by atoms with van der Waals surface area (Å²) in [6, 6.07) is 0. The molecule has 1 saturated heterocycles. The molecule has 13 heavy (non-hydrogen) atoms. The van der Waals surface area contributed by atoms with Crippen LogP contribution in [0.1, 0.15) is 51.4 Å². The van der Waals surface area contributed by atoms with Gasteiger partial charge in [0.15, 0.2) is 0 Å². The second-order valence-electron chi connectivity index (χ2n) is 4.34. The van der Waals surface area contributed by atoms with Gasteiger partial charge >= 0.3 is 0 Å². The van der Waals surface area contributed by atoms with Gasteiger partial charge in [-0.25, -0.2) is 0 Å². The largest absolute Gasteiger partial charge is 0.375 e. The average molecular weight is 179 g/mol. The molecular weight excluding hydrogens is 158 g/mol. The quantitative estimate of drug-likeness (QED) is 0.597. The highest BCUT2D eigenvalue weighted by Crippen LogP contribution is 2.23. The van der Waals surface area contributed by atoms with E-state index in [0.29, 0.717) is 0 Å². The van der Waals surface area contributed by atoms with Gasteiger partial charge in [0.1, 0.15) is 0 Å². The highest BCUT2D eigenvalue weighted by Gasteiger charge is 2.13. The summed E-state index contributed by atoms with van der Waals surface area (Å²) in [5.74, 6) is 0. The minimum atomic E-state index is 1.33. The molecule has 1 heteroatoms. The fourth-order valence-electron chi connectivity index (χ4n) is 2.47. The van der Waals surface area contributed by atoms with E-state index in [4.69, 9.17) is 0 Å². The van der Waals surface area contributed by atoms with E-state index < -0.39 is 0 Å². The van der Waals surface area contributed by atoms with E-state index >= 15 is 0 Å². The monoisotopic (exact) mass is 179 g/mol. The van der Waals surface area contributed by atoms with E-state index in [2.05, 4.69) is 11.0 Å². The SMILES string of the molecule is C1=C(N2CCCCC2)CCCCC1. The molecule has 1 nitrogen and oxygen atoms in total. The van der Waals surface area contributed by atoms with Crippen LogP contribution in [0.25, 0.3) is 0 Å². The van der Waals surface area contributed by atoms with E-state index in [-0.39, 0.29) is 0 Å². The van der Waals surface area contributed by atoms with Crippen LogP contribution in [0.3, 0.4) is 0 Å². The predicted octanol–water partition coefficient (Wildman–Crippen LogP) is 3.32. The second kappa shape index (κ2) is 4.69. The summed E-state index contributed by atoms with van der Waals surface area (Å²) in [6.07, 6.45) is 13.7. The number of piperidine rings is 1. The fourth-order valence-corrected chi connectivity index (χ4v) is 2.47. The number of hydrogen-bond acceptors (Lipinski definition) is 1. The molecule has 2 rings (SSSR count). The van der Waals surface area contributed by atoms with Gasteiger partial charge in [0, 0.05) is 18.8 Å². The lowest BCUT2D eigenvalue weighted by Gasteiger charge is -2.31. The Morgan fingerprint density at radius 1 is 0.846 bits per heavy atom. The summed E-state index contributed by atoms with van der Waals surface area (Å²) in [5, 5.41) is 0. The Bertz CT molecular complexity index is 178. The smallest absolute Gasteiger partial charge is 0.0174 e. The zero-order valence-electron chi connectivity index (χ0n) is 8.60. The Labute approximate surface area is 81.8 Å². The lowest BCUT2D eigenvalue weighted by molar-refractivity contribution is 0.276. The average Bonchev–Trinajstić information content (AvgIpc) is 2.47. The van der Waals surface area contributed by atoms with Crippen LogP contribution in [0, 0.1) is 0 Å². The van der Waals surface area contributed by atoms with Gasteiger partial charge in [-0.2, -0.15) is 0 Å². The fraction of sp³-hybridized carbons (Fsp3) is 0.833. The van der Waals surface area contributed by atoms with Crippen molar-refractivity contribution in [3.05, 3.63) is 11.8 Å². The number of hydrogen-bond donors (Lipinski definition) is 0. The lowest BCUT2D eigenvalue weighted by Crippen LogP contribution is -2.28. The highest BCUT2D eigenvalue weighted by molar-refractivity contribution is 5.03. The standard InChI is InChI=1S/C12H21N/c1-2-5-9-12(8-4-1)13-10-6-3-7-11-13/h8H,1-7,9-11H2. The third-order valence-electron chi connectivity index (χ3n) is 3.28. The van der Waals surface area contributed by atoms with Crippen LogP contribution >= 0.6 is 0 Å². The van der Waals surface area contributed by atoms with Crippen molar-refractivity contribution in [1.29, 1.82) is 0 Å². The molecule has 0 atom stereocenters. The third-order valence-corrected chi connectivity index (χ3v) is 3.28. The van der Waals surface area contributed by atoms with Gasteiger partial charge in [-0.1, -0.05) is 12.5 Å². The highest BCUT2D eigenvalue weighted by atomic mass is 15.1. The van der Waals surface area contributed by atoms with Gasteiger partial charge in [0.05, 0.1) is 0 Å². The van der Waals surface area contributed by atoms with Crippen molar-refractivity contribution < 1.29 is 0 Å². The van der Waals surface area contributed by atoms with Gasteiger partial charge < -0.3 is 4.90 Å². The first-order valence-corrected chi connectivity index (χ1v) is 5.91.